The predicted molar refractivity (Wildman–Crippen MR) is 71.8 cm³/mol. The molecule has 0 radical (unpaired) electrons. The molecule has 0 aromatic heterocycles. The third kappa shape index (κ3) is 3.57. The van der Waals surface area contributed by atoms with Crippen LogP contribution in [0.3, 0.4) is 0 Å². The second-order valence-corrected chi connectivity index (χ2v) is 4.37. The zero-order valence-corrected chi connectivity index (χ0v) is 10.5. The Kier molecular flexibility index (Phi) is 4.57. The van der Waals surface area contributed by atoms with Gasteiger partial charge in [0, 0.05) is 0 Å². The van der Waals surface area contributed by atoms with E-state index in [4.69, 9.17) is 4.74 Å². The van der Waals surface area contributed by atoms with Crippen molar-refractivity contribution >= 4 is 0 Å². The fourth-order valence-electron chi connectivity index (χ4n) is 2.15. The van der Waals surface area contributed by atoms with Gasteiger partial charge >= 0.3 is 0 Å². The topological polar surface area (TPSA) is 9.23 Å². The molecule has 1 aromatic carbocycles. The molecule has 0 atom stereocenters. The maximum atomic E-state index is 5.78. The first kappa shape index (κ1) is 12.1. The summed E-state index contributed by atoms with van der Waals surface area (Å²) >= 11 is 0. The quantitative estimate of drug-likeness (QED) is 0.731. The summed E-state index contributed by atoms with van der Waals surface area (Å²) in [5.41, 5.74) is 4.09. The van der Waals surface area contributed by atoms with E-state index < -0.39 is 0 Å². The van der Waals surface area contributed by atoms with E-state index in [0.29, 0.717) is 6.61 Å². The van der Waals surface area contributed by atoms with E-state index >= 15 is 0 Å². The van der Waals surface area contributed by atoms with Gasteiger partial charge in [-0.05, 0) is 36.0 Å². The van der Waals surface area contributed by atoms with Crippen molar-refractivity contribution in [2.24, 2.45) is 0 Å². The summed E-state index contributed by atoms with van der Waals surface area (Å²) in [4.78, 5) is 0. The average Bonchev–Trinajstić information content (AvgIpc) is 2.40. The number of hydrogen-bond donors (Lipinski definition) is 0. The highest BCUT2D eigenvalue weighted by Crippen LogP contribution is 2.21. The lowest BCUT2D eigenvalue weighted by molar-refractivity contribution is 0.143. The highest BCUT2D eigenvalue weighted by atomic mass is 16.5. The lowest BCUT2D eigenvalue weighted by Gasteiger charge is -2.15. The van der Waals surface area contributed by atoms with Crippen LogP contribution in [0.2, 0.25) is 0 Å². The highest BCUT2D eigenvalue weighted by molar-refractivity contribution is 5.33. The molecule has 0 saturated heterocycles. The van der Waals surface area contributed by atoms with Crippen LogP contribution >= 0.6 is 0 Å². The molecule has 0 saturated carbocycles. The number of hydrogen-bond acceptors (Lipinski definition) is 1. The van der Waals surface area contributed by atoms with Gasteiger partial charge in [0.2, 0.25) is 0 Å². The largest absolute Gasteiger partial charge is 0.372 e. The van der Waals surface area contributed by atoms with Gasteiger partial charge in [-0.25, -0.2) is 0 Å². The summed E-state index contributed by atoms with van der Waals surface area (Å²) in [6.45, 7) is 3.66. The summed E-state index contributed by atoms with van der Waals surface area (Å²) in [5, 5.41) is 0. The van der Waals surface area contributed by atoms with E-state index in [0.717, 1.165) is 19.4 Å². The van der Waals surface area contributed by atoms with E-state index in [2.05, 4.69) is 43.3 Å². The van der Waals surface area contributed by atoms with Crippen LogP contribution in [0.15, 0.2) is 53.6 Å². The van der Waals surface area contributed by atoms with Crippen LogP contribution in [-0.4, -0.2) is 6.61 Å². The van der Waals surface area contributed by atoms with Crippen LogP contribution in [0.25, 0.3) is 0 Å². The molecule has 1 aliphatic rings. The number of rotatable bonds is 5. The number of benzene rings is 1. The van der Waals surface area contributed by atoms with Crippen LogP contribution < -0.4 is 0 Å². The standard InChI is InChI=1S/C16H20O/c1-2-15-10-6-7-11-16(15)13-17-12-14-8-4-3-5-9-14/h3-5,8-11H,2,6-7,12-13H2,1H3. The Morgan fingerprint density at radius 1 is 0.941 bits per heavy atom. The zero-order valence-electron chi connectivity index (χ0n) is 10.5. The van der Waals surface area contributed by atoms with Crippen LogP contribution in [-0.2, 0) is 11.3 Å². The first-order chi connectivity index (χ1) is 8.40. The number of ether oxygens (including phenoxy) is 1. The third-order valence-corrected chi connectivity index (χ3v) is 3.11. The van der Waals surface area contributed by atoms with Gasteiger partial charge in [0.05, 0.1) is 13.2 Å². The van der Waals surface area contributed by atoms with E-state index in [1.807, 2.05) is 6.07 Å². The Morgan fingerprint density at radius 2 is 1.65 bits per heavy atom. The maximum absolute atomic E-state index is 5.78. The minimum atomic E-state index is 0.704. The minimum absolute atomic E-state index is 0.704. The van der Waals surface area contributed by atoms with Crippen LogP contribution in [0.5, 0.6) is 0 Å². The molecule has 0 unspecified atom stereocenters. The van der Waals surface area contributed by atoms with Crippen LogP contribution in [0.4, 0.5) is 0 Å². The lowest BCUT2D eigenvalue weighted by Crippen LogP contribution is -2.03. The van der Waals surface area contributed by atoms with Gasteiger partial charge in [0.1, 0.15) is 0 Å². The van der Waals surface area contributed by atoms with Gasteiger partial charge in [-0.3, -0.25) is 0 Å². The molecule has 17 heavy (non-hydrogen) atoms. The molecule has 0 N–H and O–H groups in total. The first-order valence-corrected chi connectivity index (χ1v) is 6.40. The van der Waals surface area contributed by atoms with Gasteiger partial charge in [-0.2, -0.15) is 0 Å². The van der Waals surface area contributed by atoms with Gasteiger partial charge < -0.3 is 4.74 Å². The number of allylic oxidation sites excluding steroid dienone is 2. The molecule has 0 heterocycles. The smallest absolute Gasteiger partial charge is 0.0721 e. The molecule has 1 heteroatoms. The molecule has 0 fully saturated rings. The summed E-state index contributed by atoms with van der Waals surface area (Å²) < 4.78 is 5.78. The molecule has 1 aliphatic carbocycles. The van der Waals surface area contributed by atoms with Gasteiger partial charge in [0.15, 0.2) is 0 Å². The maximum Gasteiger partial charge on any atom is 0.0721 e. The monoisotopic (exact) mass is 228 g/mol. The molecule has 1 nitrogen and oxygen atoms in total. The summed E-state index contributed by atoms with van der Waals surface area (Å²) in [6, 6.07) is 10.3. The first-order valence-electron chi connectivity index (χ1n) is 6.40. The van der Waals surface area contributed by atoms with Crippen molar-refractivity contribution in [3.63, 3.8) is 0 Å². The Labute approximate surface area is 104 Å². The molecule has 0 aliphatic heterocycles. The summed E-state index contributed by atoms with van der Waals surface area (Å²) in [5.74, 6) is 0. The van der Waals surface area contributed by atoms with E-state index in [1.165, 1.54) is 23.1 Å². The molecule has 1 aromatic rings. The Bertz CT molecular complexity index is 401. The van der Waals surface area contributed by atoms with Gasteiger partial charge in [-0.15, -0.1) is 0 Å². The van der Waals surface area contributed by atoms with E-state index in [1.54, 1.807) is 0 Å². The Hall–Kier alpha value is -1.34. The van der Waals surface area contributed by atoms with Crippen molar-refractivity contribution in [3.8, 4) is 0 Å². The van der Waals surface area contributed by atoms with E-state index in [-0.39, 0.29) is 0 Å². The molecule has 0 bridgehead atoms. The van der Waals surface area contributed by atoms with Crippen molar-refractivity contribution in [2.75, 3.05) is 6.61 Å². The van der Waals surface area contributed by atoms with Crippen molar-refractivity contribution in [1.82, 2.24) is 0 Å². The SMILES string of the molecule is CCC1=CCCC=C1COCc1ccccc1. The minimum Gasteiger partial charge on any atom is -0.372 e. The van der Waals surface area contributed by atoms with Crippen molar-refractivity contribution in [3.05, 3.63) is 59.2 Å². The second kappa shape index (κ2) is 6.41. The molecule has 0 spiro atoms. The second-order valence-electron chi connectivity index (χ2n) is 4.37. The normalized spacial score (nSPS) is 15.4. The van der Waals surface area contributed by atoms with Gasteiger partial charge in [-0.1, -0.05) is 49.4 Å². The lowest BCUT2D eigenvalue weighted by atomic mass is 9.96. The van der Waals surface area contributed by atoms with Crippen molar-refractivity contribution in [2.45, 2.75) is 32.8 Å². The van der Waals surface area contributed by atoms with Crippen LogP contribution in [0, 0.1) is 0 Å². The fourth-order valence-corrected chi connectivity index (χ4v) is 2.15. The van der Waals surface area contributed by atoms with E-state index in [9.17, 15) is 0 Å². The molecular weight excluding hydrogens is 208 g/mol. The Morgan fingerprint density at radius 3 is 2.35 bits per heavy atom. The van der Waals surface area contributed by atoms with Crippen molar-refractivity contribution < 1.29 is 4.74 Å². The molecule has 0 amide bonds. The molecular formula is C16H20O. The third-order valence-electron chi connectivity index (χ3n) is 3.11. The van der Waals surface area contributed by atoms with Crippen LogP contribution in [0.1, 0.15) is 31.7 Å². The predicted octanol–water partition coefficient (Wildman–Crippen LogP) is 4.26. The summed E-state index contributed by atoms with van der Waals surface area (Å²) in [6.07, 6.45) is 8.13. The molecule has 2 rings (SSSR count). The average molecular weight is 228 g/mol. The zero-order chi connectivity index (χ0) is 11.9. The summed E-state index contributed by atoms with van der Waals surface area (Å²) in [7, 11) is 0. The molecule has 90 valence electrons. The Balaban J connectivity index is 1.82. The fraction of sp³-hybridized carbons (Fsp3) is 0.375. The highest BCUT2D eigenvalue weighted by Gasteiger charge is 2.07. The van der Waals surface area contributed by atoms with Crippen molar-refractivity contribution in [1.29, 1.82) is 0 Å². The van der Waals surface area contributed by atoms with Gasteiger partial charge in [0.25, 0.3) is 0 Å².